The van der Waals surface area contributed by atoms with Gasteiger partial charge in [-0.1, -0.05) is 28.1 Å². The molecule has 0 bridgehead atoms. The fourth-order valence-electron chi connectivity index (χ4n) is 2.06. The molecule has 19 heavy (non-hydrogen) atoms. The summed E-state index contributed by atoms with van der Waals surface area (Å²) in [6.07, 6.45) is 1.60. The third-order valence-corrected chi connectivity index (χ3v) is 4.22. The lowest BCUT2D eigenvalue weighted by atomic mass is 9.93. The van der Waals surface area contributed by atoms with Crippen molar-refractivity contribution >= 4 is 21.8 Å². The maximum Gasteiger partial charge on any atom is 0.231 e. The van der Waals surface area contributed by atoms with Crippen LogP contribution in [0.25, 0.3) is 0 Å². The van der Waals surface area contributed by atoms with Gasteiger partial charge in [0.05, 0.1) is 24.2 Å². The van der Waals surface area contributed by atoms with Crippen molar-refractivity contribution in [1.82, 2.24) is 5.32 Å². The average molecular weight is 328 g/mol. The number of benzene rings is 1. The van der Waals surface area contributed by atoms with Crippen molar-refractivity contribution in [1.29, 1.82) is 0 Å². The van der Waals surface area contributed by atoms with Crippen LogP contribution in [-0.4, -0.2) is 34.9 Å². The quantitative estimate of drug-likeness (QED) is 0.764. The molecule has 0 spiro atoms. The standard InChI is InChI=1S/C14H18BrNO3/c1-13(8-17,9-18)16-12(19)14(6-7-14)10-2-4-11(15)5-3-10/h2-5,17-18H,6-9H2,1H3,(H,16,19). The molecule has 0 aliphatic heterocycles. The molecule has 0 unspecified atom stereocenters. The van der Waals surface area contributed by atoms with E-state index in [-0.39, 0.29) is 19.1 Å². The molecule has 1 amide bonds. The zero-order chi connectivity index (χ0) is 14.1. The second kappa shape index (κ2) is 5.23. The van der Waals surface area contributed by atoms with Crippen molar-refractivity contribution < 1.29 is 15.0 Å². The zero-order valence-corrected chi connectivity index (χ0v) is 12.4. The largest absolute Gasteiger partial charge is 0.394 e. The summed E-state index contributed by atoms with van der Waals surface area (Å²) in [6.45, 7) is 1.06. The predicted molar refractivity (Wildman–Crippen MR) is 75.8 cm³/mol. The molecular weight excluding hydrogens is 310 g/mol. The molecule has 0 heterocycles. The number of carbonyl (C=O) groups is 1. The van der Waals surface area contributed by atoms with E-state index in [4.69, 9.17) is 0 Å². The second-order valence-corrected chi connectivity index (χ2v) is 6.34. The highest BCUT2D eigenvalue weighted by molar-refractivity contribution is 9.10. The maximum absolute atomic E-state index is 12.4. The van der Waals surface area contributed by atoms with Gasteiger partial charge in [-0.25, -0.2) is 0 Å². The van der Waals surface area contributed by atoms with Crippen molar-refractivity contribution in [2.75, 3.05) is 13.2 Å². The molecule has 4 nitrogen and oxygen atoms in total. The molecule has 1 saturated carbocycles. The fourth-order valence-corrected chi connectivity index (χ4v) is 2.33. The molecule has 1 aromatic carbocycles. The third-order valence-electron chi connectivity index (χ3n) is 3.69. The van der Waals surface area contributed by atoms with E-state index in [1.54, 1.807) is 6.92 Å². The Kier molecular flexibility index (Phi) is 3.99. The van der Waals surface area contributed by atoms with Gasteiger partial charge >= 0.3 is 0 Å². The Balaban J connectivity index is 2.17. The first kappa shape index (κ1) is 14.5. The van der Waals surface area contributed by atoms with Crippen LogP contribution < -0.4 is 5.32 Å². The van der Waals surface area contributed by atoms with Crippen LogP contribution in [0.1, 0.15) is 25.3 Å². The minimum absolute atomic E-state index is 0.125. The lowest BCUT2D eigenvalue weighted by Crippen LogP contribution is -2.54. The Morgan fingerprint density at radius 3 is 2.26 bits per heavy atom. The van der Waals surface area contributed by atoms with Crippen LogP contribution in [0.15, 0.2) is 28.7 Å². The van der Waals surface area contributed by atoms with Crippen LogP contribution in [-0.2, 0) is 10.2 Å². The number of rotatable bonds is 5. The molecule has 1 fully saturated rings. The van der Waals surface area contributed by atoms with Gasteiger partial charge < -0.3 is 15.5 Å². The highest BCUT2D eigenvalue weighted by Gasteiger charge is 2.52. The molecule has 1 aliphatic carbocycles. The Labute approximate surface area is 121 Å². The molecule has 0 radical (unpaired) electrons. The summed E-state index contributed by atoms with van der Waals surface area (Å²) in [6, 6.07) is 7.71. The first-order valence-electron chi connectivity index (χ1n) is 6.26. The first-order valence-corrected chi connectivity index (χ1v) is 7.05. The number of nitrogens with one attached hydrogen (secondary N) is 1. The molecule has 0 aromatic heterocycles. The summed E-state index contributed by atoms with van der Waals surface area (Å²) >= 11 is 3.37. The Hall–Kier alpha value is -0.910. The summed E-state index contributed by atoms with van der Waals surface area (Å²) in [5.41, 5.74) is -0.486. The zero-order valence-electron chi connectivity index (χ0n) is 10.8. The highest BCUT2D eigenvalue weighted by Crippen LogP contribution is 2.48. The van der Waals surface area contributed by atoms with Gasteiger partial charge in [0.1, 0.15) is 0 Å². The van der Waals surface area contributed by atoms with Gasteiger partial charge in [0.2, 0.25) is 5.91 Å². The van der Waals surface area contributed by atoms with Gasteiger partial charge in [0.25, 0.3) is 0 Å². The molecule has 0 atom stereocenters. The Morgan fingerprint density at radius 2 is 1.84 bits per heavy atom. The van der Waals surface area contributed by atoms with Gasteiger partial charge in [0.15, 0.2) is 0 Å². The van der Waals surface area contributed by atoms with Crippen LogP contribution in [0.4, 0.5) is 0 Å². The number of aliphatic hydroxyl groups is 2. The average Bonchev–Trinajstić information content (AvgIpc) is 3.21. The minimum atomic E-state index is -0.970. The minimum Gasteiger partial charge on any atom is -0.394 e. The molecular formula is C14H18BrNO3. The van der Waals surface area contributed by atoms with Crippen LogP contribution in [0.5, 0.6) is 0 Å². The topological polar surface area (TPSA) is 69.6 Å². The van der Waals surface area contributed by atoms with Crippen molar-refractivity contribution in [2.45, 2.75) is 30.7 Å². The smallest absolute Gasteiger partial charge is 0.231 e. The van der Waals surface area contributed by atoms with Gasteiger partial charge in [0, 0.05) is 4.47 Å². The van der Waals surface area contributed by atoms with E-state index in [0.29, 0.717) is 0 Å². The Bertz CT molecular complexity index is 464. The van der Waals surface area contributed by atoms with Crippen LogP contribution in [0.3, 0.4) is 0 Å². The SMILES string of the molecule is CC(CO)(CO)NC(=O)C1(c2ccc(Br)cc2)CC1. The monoisotopic (exact) mass is 327 g/mol. The van der Waals surface area contributed by atoms with E-state index in [1.807, 2.05) is 24.3 Å². The lowest BCUT2D eigenvalue weighted by Gasteiger charge is -2.29. The molecule has 3 N–H and O–H groups in total. The number of hydrogen-bond donors (Lipinski definition) is 3. The molecule has 1 aromatic rings. The predicted octanol–water partition coefficient (Wildman–Crippen LogP) is 1.34. The van der Waals surface area contributed by atoms with Crippen molar-refractivity contribution in [3.63, 3.8) is 0 Å². The van der Waals surface area contributed by atoms with E-state index >= 15 is 0 Å². The number of amides is 1. The number of hydrogen-bond acceptors (Lipinski definition) is 3. The van der Waals surface area contributed by atoms with E-state index in [1.165, 1.54) is 0 Å². The first-order chi connectivity index (χ1) is 8.96. The molecule has 2 rings (SSSR count). The van der Waals surface area contributed by atoms with Crippen molar-refractivity contribution in [2.24, 2.45) is 0 Å². The van der Waals surface area contributed by atoms with Crippen molar-refractivity contribution in [3.05, 3.63) is 34.3 Å². The summed E-state index contributed by atoms with van der Waals surface area (Å²) in [5, 5.41) is 21.3. The normalized spacial score (nSPS) is 17.1. The molecule has 5 heteroatoms. The van der Waals surface area contributed by atoms with E-state index < -0.39 is 11.0 Å². The van der Waals surface area contributed by atoms with Crippen LogP contribution in [0.2, 0.25) is 0 Å². The molecule has 1 aliphatic rings. The van der Waals surface area contributed by atoms with E-state index in [9.17, 15) is 15.0 Å². The fraction of sp³-hybridized carbons (Fsp3) is 0.500. The molecule has 0 saturated heterocycles. The van der Waals surface area contributed by atoms with E-state index in [2.05, 4.69) is 21.2 Å². The molecule has 104 valence electrons. The lowest BCUT2D eigenvalue weighted by molar-refractivity contribution is -0.126. The number of halogens is 1. The van der Waals surface area contributed by atoms with Gasteiger partial charge in [-0.2, -0.15) is 0 Å². The van der Waals surface area contributed by atoms with Crippen molar-refractivity contribution in [3.8, 4) is 0 Å². The third kappa shape index (κ3) is 2.83. The highest BCUT2D eigenvalue weighted by atomic mass is 79.9. The summed E-state index contributed by atoms with van der Waals surface area (Å²) in [5.74, 6) is -0.125. The maximum atomic E-state index is 12.4. The van der Waals surface area contributed by atoms with Gasteiger partial charge in [-0.15, -0.1) is 0 Å². The van der Waals surface area contributed by atoms with Crippen LogP contribution >= 0.6 is 15.9 Å². The number of aliphatic hydroxyl groups excluding tert-OH is 2. The second-order valence-electron chi connectivity index (χ2n) is 5.42. The van der Waals surface area contributed by atoms with Gasteiger partial charge in [-0.3, -0.25) is 4.79 Å². The summed E-state index contributed by atoms with van der Waals surface area (Å²) in [7, 11) is 0. The Morgan fingerprint density at radius 1 is 1.32 bits per heavy atom. The van der Waals surface area contributed by atoms with Gasteiger partial charge in [-0.05, 0) is 37.5 Å². The van der Waals surface area contributed by atoms with Crippen LogP contribution in [0, 0.1) is 0 Å². The number of carbonyl (C=O) groups excluding carboxylic acids is 1. The van der Waals surface area contributed by atoms with E-state index in [0.717, 1.165) is 22.9 Å². The summed E-state index contributed by atoms with van der Waals surface area (Å²) < 4.78 is 0.975. The summed E-state index contributed by atoms with van der Waals surface area (Å²) in [4.78, 5) is 12.4.